The number of carbonyl (C=O) groups is 1. The number of carbonyl (C=O) groups excluding carboxylic acids is 1. The number of hydrogen-bond donors (Lipinski definition) is 2. The average Bonchev–Trinajstić information content (AvgIpc) is 3.45. The molecule has 1 aliphatic carbocycles. The Kier molecular flexibility index (Phi) is 5.55. The molecule has 2 aromatic heterocycles. The first kappa shape index (κ1) is 19.1. The van der Waals surface area contributed by atoms with E-state index in [1.807, 2.05) is 36.4 Å². The van der Waals surface area contributed by atoms with Gasteiger partial charge in [0.1, 0.15) is 11.6 Å². The Hall–Kier alpha value is -3.22. The van der Waals surface area contributed by atoms with Crippen LogP contribution in [0.2, 0.25) is 0 Å². The molecule has 0 unspecified atom stereocenters. The highest BCUT2D eigenvalue weighted by Crippen LogP contribution is 2.41. The molecule has 0 spiro atoms. The predicted molar refractivity (Wildman–Crippen MR) is 109 cm³/mol. The topological polar surface area (TPSA) is 92.8 Å². The van der Waals surface area contributed by atoms with Crippen molar-refractivity contribution >= 4 is 5.91 Å². The Morgan fingerprint density at radius 3 is 2.55 bits per heavy atom. The van der Waals surface area contributed by atoms with Crippen LogP contribution in [0.25, 0.3) is 11.4 Å². The fraction of sp³-hybridized carbons (Fsp3) is 0.364. The third kappa shape index (κ3) is 3.99. The van der Waals surface area contributed by atoms with Gasteiger partial charge >= 0.3 is 0 Å². The minimum Gasteiger partial charge on any atom is -0.497 e. The van der Waals surface area contributed by atoms with E-state index in [-0.39, 0.29) is 5.91 Å². The number of aromatic nitrogens is 4. The van der Waals surface area contributed by atoms with Gasteiger partial charge in [0.25, 0.3) is 0 Å². The van der Waals surface area contributed by atoms with Crippen LogP contribution in [-0.2, 0) is 16.6 Å². The quantitative estimate of drug-likeness (QED) is 0.646. The van der Waals surface area contributed by atoms with Crippen molar-refractivity contribution in [3.05, 3.63) is 60.2 Å². The zero-order valence-corrected chi connectivity index (χ0v) is 16.5. The van der Waals surface area contributed by atoms with E-state index in [4.69, 9.17) is 4.74 Å². The highest BCUT2D eigenvalue weighted by Gasteiger charge is 2.42. The number of methoxy groups -OCH3 is 1. The molecule has 0 radical (unpaired) electrons. The lowest BCUT2D eigenvalue weighted by Gasteiger charge is -2.28. The molecular weight excluding hydrogens is 366 g/mol. The van der Waals surface area contributed by atoms with E-state index in [2.05, 4.69) is 25.5 Å². The van der Waals surface area contributed by atoms with Gasteiger partial charge in [-0.1, -0.05) is 25.0 Å². The number of amides is 1. The Balaban J connectivity index is 1.39. The maximum atomic E-state index is 13.1. The van der Waals surface area contributed by atoms with Gasteiger partial charge in [-0.25, -0.2) is 4.98 Å². The molecule has 150 valence electrons. The molecule has 1 saturated carbocycles. The monoisotopic (exact) mass is 391 g/mol. The Morgan fingerprint density at radius 1 is 1.14 bits per heavy atom. The number of ether oxygens (including phenoxy) is 1. The Labute approximate surface area is 169 Å². The molecular formula is C22H25N5O2. The van der Waals surface area contributed by atoms with Crippen LogP contribution in [0.5, 0.6) is 5.75 Å². The van der Waals surface area contributed by atoms with Crippen LogP contribution in [0, 0.1) is 0 Å². The summed E-state index contributed by atoms with van der Waals surface area (Å²) in [7, 11) is 1.65. The van der Waals surface area contributed by atoms with Gasteiger partial charge in [0.2, 0.25) is 5.91 Å². The van der Waals surface area contributed by atoms with Crippen LogP contribution in [0.15, 0.2) is 48.8 Å². The van der Waals surface area contributed by atoms with Crippen LogP contribution in [0.1, 0.15) is 37.1 Å². The summed E-state index contributed by atoms with van der Waals surface area (Å²) in [5.74, 6) is 2.29. The highest BCUT2D eigenvalue weighted by atomic mass is 16.5. The van der Waals surface area contributed by atoms with E-state index in [0.29, 0.717) is 18.8 Å². The number of rotatable bonds is 7. The summed E-state index contributed by atoms with van der Waals surface area (Å²) in [6.07, 6.45) is 7.91. The Bertz CT molecular complexity index is 947. The molecule has 1 amide bonds. The van der Waals surface area contributed by atoms with E-state index < -0.39 is 5.41 Å². The molecule has 2 heterocycles. The lowest BCUT2D eigenvalue weighted by atomic mass is 9.78. The molecule has 1 aromatic carbocycles. The van der Waals surface area contributed by atoms with E-state index in [1.165, 1.54) is 0 Å². The van der Waals surface area contributed by atoms with Crippen LogP contribution < -0.4 is 10.1 Å². The van der Waals surface area contributed by atoms with Crippen molar-refractivity contribution in [2.24, 2.45) is 0 Å². The molecule has 0 saturated heterocycles. The molecule has 4 rings (SSSR count). The van der Waals surface area contributed by atoms with Gasteiger partial charge in [0, 0.05) is 30.9 Å². The van der Waals surface area contributed by atoms with E-state index in [1.54, 1.807) is 19.5 Å². The van der Waals surface area contributed by atoms with Gasteiger partial charge < -0.3 is 10.1 Å². The van der Waals surface area contributed by atoms with Crippen molar-refractivity contribution in [1.82, 2.24) is 25.5 Å². The molecule has 3 aromatic rings. The number of benzene rings is 1. The first-order valence-electron chi connectivity index (χ1n) is 9.96. The van der Waals surface area contributed by atoms with E-state index in [0.717, 1.165) is 48.4 Å². The average molecular weight is 391 g/mol. The second-order valence-corrected chi connectivity index (χ2v) is 7.37. The third-order valence-corrected chi connectivity index (χ3v) is 5.65. The van der Waals surface area contributed by atoms with Gasteiger partial charge in [0.15, 0.2) is 5.82 Å². The second kappa shape index (κ2) is 8.43. The van der Waals surface area contributed by atoms with Crippen molar-refractivity contribution < 1.29 is 9.53 Å². The van der Waals surface area contributed by atoms with E-state index in [9.17, 15) is 4.79 Å². The largest absolute Gasteiger partial charge is 0.497 e. The molecule has 29 heavy (non-hydrogen) atoms. The SMILES string of the molecule is COc1ccc(C2(C(=O)NCCc3nc(-c4ccncc4)n[nH]3)CCCC2)cc1. The molecule has 0 aliphatic heterocycles. The lowest BCUT2D eigenvalue weighted by molar-refractivity contribution is -0.126. The summed E-state index contributed by atoms with van der Waals surface area (Å²) in [5, 5.41) is 10.3. The number of pyridine rings is 1. The lowest BCUT2D eigenvalue weighted by Crippen LogP contribution is -2.43. The molecule has 0 bridgehead atoms. The fourth-order valence-electron chi connectivity index (χ4n) is 4.04. The van der Waals surface area contributed by atoms with Gasteiger partial charge in [0.05, 0.1) is 12.5 Å². The molecule has 1 fully saturated rings. The number of nitrogens with one attached hydrogen (secondary N) is 2. The van der Waals surface area contributed by atoms with E-state index >= 15 is 0 Å². The summed E-state index contributed by atoms with van der Waals surface area (Å²) < 4.78 is 5.25. The van der Waals surface area contributed by atoms with Gasteiger partial charge in [-0.2, -0.15) is 5.10 Å². The minimum absolute atomic E-state index is 0.0917. The van der Waals surface area contributed by atoms with Crippen LogP contribution >= 0.6 is 0 Å². The molecule has 1 aliphatic rings. The van der Waals surface area contributed by atoms with Gasteiger partial charge in [-0.3, -0.25) is 14.9 Å². The Morgan fingerprint density at radius 2 is 1.86 bits per heavy atom. The van der Waals surface area contributed by atoms with Crippen LogP contribution in [-0.4, -0.2) is 39.7 Å². The summed E-state index contributed by atoms with van der Waals surface area (Å²) in [4.78, 5) is 21.7. The van der Waals surface area contributed by atoms with Gasteiger partial charge in [-0.15, -0.1) is 0 Å². The number of aromatic amines is 1. The molecule has 0 atom stereocenters. The van der Waals surface area contributed by atoms with Crippen LogP contribution in [0.3, 0.4) is 0 Å². The first-order chi connectivity index (χ1) is 14.2. The maximum Gasteiger partial charge on any atom is 0.230 e. The summed E-state index contributed by atoms with van der Waals surface area (Å²) >= 11 is 0. The summed E-state index contributed by atoms with van der Waals surface area (Å²) in [6.45, 7) is 0.516. The number of hydrogen-bond acceptors (Lipinski definition) is 5. The second-order valence-electron chi connectivity index (χ2n) is 7.37. The summed E-state index contributed by atoms with van der Waals surface area (Å²) in [5.41, 5.74) is 1.53. The standard InChI is InChI=1S/C22H25N5O2/c1-29-18-6-4-17(5-7-18)22(11-2-3-12-22)21(28)24-15-10-19-25-20(27-26-19)16-8-13-23-14-9-16/h4-9,13-14H,2-3,10-12,15H2,1H3,(H,24,28)(H,25,26,27). The smallest absolute Gasteiger partial charge is 0.230 e. The molecule has 7 nitrogen and oxygen atoms in total. The number of H-pyrrole nitrogens is 1. The zero-order chi connectivity index (χ0) is 20.1. The van der Waals surface area contributed by atoms with Crippen molar-refractivity contribution in [3.63, 3.8) is 0 Å². The first-order valence-corrected chi connectivity index (χ1v) is 9.96. The van der Waals surface area contributed by atoms with Crippen molar-refractivity contribution in [2.75, 3.05) is 13.7 Å². The fourth-order valence-corrected chi connectivity index (χ4v) is 4.04. The minimum atomic E-state index is -0.449. The normalized spacial score (nSPS) is 15.2. The van der Waals surface area contributed by atoms with Crippen LogP contribution in [0.4, 0.5) is 0 Å². The maximum absolute atomic E-state index is 13.1. The third-order valence-electron chi connectivity index (χ3n) is 5.65. The van der Waals surface area contributed by atoms with Crippen molar-refractivity contribution in [3.8, 4) is 17.1 Å². The van der Waals surface area contributed by atoms with Crippen molar-refractivity contribution in [2.45, 2.75) is 37.5 Å². The molecule has 7 heteroatoms. The summed E-state index contributed by atoms with van der Waals surface area (Å²) in [6, 6.07) is 11.6. The highest BCUT2D eigenvalue weighted by molar-refractivity contribution is 5.88. The predicted octanol–water partition coefficient (Wildman–Crippen LogP) is 3.05. The van der Waals surface area contributed by atoms with Crippen molar-refractivity contribution in [1.29, 1.82) is 0 Å². The number of nitrogens with zero attached hydrogens (tertiary/aromatic N) is 3. The van der Waals surface area contributed by atoms with Gasteiger partial charge in [-0.05, 0) is 42.7 Å². The molecule has 2 N–H and O–H groups in total. The zero-order valence-electron chi connectivity index (χ0n) is 16.5.